The molecule has 4 heterocycles. The number of carbonyl (C=O) groups excluding carboxylic acids is 2. The summed E-state index contributed by atoms with van der Waals surface area (Å²) in [5.41, 5.74) is 7.88. The van der Waals surface area contributed by atoms with Gasteiger partial charge < -0.3 is 21.4 Å². The highest BCUT2D eigenvalue weighted by molar-refractivity contribution is 7.19. The van der Waals surface area contributed by atoms with Crippen LogP contribution in [0.5, 0.6) is 0 Å². The summed E-state index contributed by atoms with van der Waals surface area (Å²) in [6.45, 7) is 1.85. The molecule has 0 radical (unpaired) electrons. The maximum atomic E-state index is 12.8. The third kappa shape index (κ3) is 4.10. The third-order valence-electron chi connectivity index (χ3n) is 5.32. The fourth-order valence-corrected chi connectivity index (χ4v) is 5.40. The molecule has 0 bridgehead atoms. The van der Waals surface area contributed by atoms with E-state index in [1.54, 1.807) is 17.7 Å². The molecule has 2 atom stereocenters. The fourth-order valence-electron chi connectivity index (χ4n) is 3.77. The summed E-state index contributed by atoms with van der Waals surface area (Å²) in [6, 6.07) is -1.53. The summed E-state index contributed by atoms with van der Waals surface area (Å²) in [7, 11) is 0. The highest BCUT2D eigenvalue weighted by Crippen LogP contribution is 2.37. The quantitative estimate of drug-likeness (QED) is 0.198. The van der Waals surface area contributed by atoms with Gasteiger partial charge in [0.2, 0.25) is 0 Å². The molecule has 33 heavy (non-hydrogen) atoms. The van der Waals surface area contributed by atoms with Crippen molar-refractivity contribution in [2.24, 2.45) is 5.16 Å². The Bertz CT molecular complexity index is 1250. The molecule has 2 unspecified atom stereocenters. The number of nitrogens with zero attached hydrogens (tertiary/aromatic N) is 4. The number of hydrogen-bond acceptors (Lipinski definition) is 10. The van der Waals surface area contributed by atoms with Gasteiger partial charge in [0, 0.05) is 4.88 Å². The van der Waals surface area contributed by atoms with Gasteiger partial charge in [-0.3, -0.25) is 14.5 Å². The van der Waals surface area contributed by atoms with Crippen molar-refractivity contribution in [3.63, 3.8) is 0 Å². The molecule has 2 amide bonds. The van der Waals surface area contributed by atoms with Crippen LogP contribution in [0.2, 0.25) is 4.34 Å². The average Bonchev–Trinajstić information content (AvgIpc) is 3.33. The van der Waals surface area contributed by atoms with Crippen LogP contribution in [0.4, 0.5) is 5.13 Å². The normalized spacial score (nSPS) is 20.7. The van der Waals surface area contributed by atoms with Crippen LogP contribution in [-0.2, 0) is 14.4 Å². The van der Waals surface area contributed by atoms with E-state index < -0.39 is 35.6 Å². The van der Waals surface area contributed by atoms with E-state index in [-0.39, 0.29) is 20.9 Å². The number of oxime groups is 1. The predicted octanol–water partition coefficient (Wildman–Crippen LogP) is 1.86. The lowest BCUT2D eigenvalue weighted by Gasteiger charge is -2.50. The van der Waals surface area contributed by atoms with Crippen LogP contribution in [0, 0.1) is 6.92 Å². The number of carboxylic acids is 1. The third-order valence-corrected chi connectivity index (χ3v) is 7.30. The van der Waals surface area contributed by atoms with Gasteiger partial charge in [-0.25, -0.2) is 14.8 Å². The van der Waals surface area contributed by atoms with Gasteiger partial charge in [-0.1, -0.05) is 34.2 Å². The summed E-state index contributed by atoms with van der Waals surface area (Å²) in [5, 5.41) is 24.6. The number of nitrogens with two attached hydrogens (primary N) is 1. The zero-order valence-corrected chi connectivity index (χ0v) is 19.4. The van der Waals surface area contributed by atoms with E-state index in [1.807, 2.05) is 6.92 Å². The van der Waals surface area contributed by atoms with Crippen molar-refractivity contribution in [3.05, 3.63) is 43.5 Å². The molecule has 14 heteroatoms. The number of nitrogen functional groups attached to an aromatic ring is 1. The number of hydrogen-bond donors (Lipinski definition) is 4. The topological polar surface area (TPSA) is 171 Å². The van der Waals surface area contributed by atoms with Gasteiger partial charge in [0.15, 0.2) is 10.8 Å². The summed E-state index contributed by atoms with van der Waals surface area (Å²) < 4.78 is 0.0541. The van der Waals surface area contributed by atoms with Crippen molar-refractivity contribution in [2.45, 2.75) is 31.8 Å². The molecule has 2 aromatic rings. The Morgan fingerprint density at radius 1 is 1.42 bits per heavy atom. The SMILES string of the molecule is Cc1ncsc1C=CC1=C(C(=O)O)N2C(=O)C(NC(=O)/C(=N\O)c3nc(N)sc3Cl)C2CC1. The van der Waals surface area contributed by atoms with Crippen molar-refractivity contribution in [1.82, 2.24) is 20.2 Å². The van der Waals surface area contributed by atoms with Gasteiger partial charge in [-0.05, 0) is 31.4 Å². The molecular formula is C19H17ClN6O5S2. The lowest BCUT2D eigenvalue weighted by atomic mass is 9.83. The molecule has 1 fully saturated rings. The monoisotopic (exact) mass is 508 g/mol. The number of anilines is 1. The second-order valence-corrected chi connectivity index (χ2v) is 9.72. The van der Waals surface area contributed by atoms with Crippen LogP contribution in [0.1, 0.15) is 29.1 Å². The van der Waals surface area contributed by atoms with E-state index in [2.05, 4.69) is 20.4 Å². The first-order valence-corrected chi connectivity index (χ1v) is 11.6. The highest BCUT2D eigenvalue weighted by Gasteiger charge is 2.53. The first-order valence-electron chi connectivity index (χ1n) is 9.55. The smallest absolute Gasteiger partial charge is 0.352 e. The maximum Gasteiger partial charge on any atom is 0.352 e. The van der Waals surface area contributed by atoms with Crippen LogP contribution in [0.25, 0.3) is 6.08 Å². The number of β-lactam (4-membered cyclic amide) rings is 1. The van der Waals surface area contributed by atoms with E-state index in [1.165, 1.54) is 16.2 Å². The number of aryl methyl sites for hydroxylation is 1. The second-order valence-electron chi connectivity index (χ2n) is 7.20. The standard InChI is InChI=1S/C19H17ClN6O5S2/c1-7-10(32-6-22-7)5-3-8-2-4-9-11(17(28)26(9)14(8)18(29)30)23-16(27)13(25-31)12-15(20)33-19(21)24-12/h3,5-6,9,11,31H,2,4H2,1H3,(H2,21,24)(H,23,27)(H,29,30)/b5-3?,25-13-. The lowest BCUT2D eigenvalue weighted by Crippen LogP contribution is -2.72. The first kappa shape index (κ1) is 22.9. The fraction of sp³-hybridized carbons (Fsp3) is 0.263. The van der Waals surface area contributed by atoms with Crippen molar-refractivity contribution in [2.75, 3.05) is 5.73 Å². The molecule has 4 rings (SSSR count). The number of aromatic nitrogens is 2. The molecule has 172 valence electrons. The molecular weight excluding hydrogens is 492 g/mol. The Kier molecular flexibility index (Phi) is 6.19. The van der Waals surface area contributed by atoms with Crippen molar-refractivity contribution in [3.8, 4) is 0 Å². The van der Waals surface area contributed by atoms with Gasteiger partial charge >= 0.3 is 5.97 Å². The minimum absolute atomic E-state index is 0.0541. The number of carboxylic acid groups (broad SMARTS) is 1. The van der Waals surface area contributed by atoms with Crippen LogP contribution in [0.15, 0.2) is 28.0 Å². The van der Waals surface area contributed by atoms with E-state index in [4.69, 9.17) is 17.3 Å². The van der Waals surface area contributed by atoms with Crippen molar-refractivity contribution in [1.29, 1.82) is 0 Å². The Morgan fingerprint density at radius 2 is 2.18 bits per heavy atom. The van der Waals surface area contributed by atoms with Crippen molar-refractivity contribution >= 4 is 69.0 Å². The maximum absolute atomic E-state index is 12.8. The van der Waals surface area contributed by atoms with Crippen LogP contribution in [-0.4, -0.2) is 60.8 Å². The number of carbonyl (C=O) groups is 3. The molecule has 0 spiro atoms. The van der Waals surface area contributed by atoms with E-state index in [9.17, 15) is 24.7 Å². The van der Waals surface area contributed by atoms with E-state index in [0.717, 1.165) is 21.9 Å². The summed E-state index contributed by atoms with van der Waals surface area (Å²) in [4.78, 5) is 47.5. The lowest BCUT2D eigenvalue weighted by molar-refractivity contribution is -0.155. The summed E-state index contributed by atoms with van der Waals surface area (Å²) in [5.74, 6) is -2.69. The van der Waals surface area contributed by atoms with E-state index in [0.29, 0.717) is 18.4 Å². The zero-order valence-electron chi connectivity index (χ0n) is 17.0. The predicted molar refractivity (Wildman–Crippen MR) is 122 cm³/mol. The molecule has 5 N–H and O–H groups in total. The minimum Gasteiger partial charge on any atom is -0.477 e. The van der Waals surface area contributed by atoms with Crippen LogP contribution < -0.4 is 11.1 Å². The molecule has 1 saturated heterocycles. The number of fused-ring (bicyclic) bond motifs is 1. The Morgan fingerprint density at radius 3 is 2.76 bits per heavy atom. The largest absolute Gasteiger partial charge is 0.477 e. The molecule has 0 aromatic carbocycles. The minimum atomic E-state index is -1.24. The Labute approximate surface area is 199 Å². The molecule has 2 aliphatic rings. The number of nitrogens with one attached hydrogen (secondary N) is 1. The Balaban J connectivity index is 1.54. The Hall–Kier alpha value is -3.29. The molecule has 11 nitrogen and oxygen atoms in total. The van der Waals surface area contributed by atoms with Crippen LogP contribution >= 0.6 is 34.3 Å². The van der Waals surface area contributed by atoms with Gasteiger partial charge in [0.25, 0.3) is 11.8 Å². The summed E-state index contributed by atoms with van der Waals surface area (Å²) >= 11 is 8.31. The van der Waals surface area contributed by atoms with Gasteiger partial charge in [-0.2, -0.15) is 0 Å². The first-order chi connectivity index (χ1) is 15.7. The number of thiazole rings is 2. The van der Waals surface area contributed by atoms with Gasteiger partial charge in [0.05, 0.1) is 17.2 Å². The molecule has 0 aliphatic carbocycles. The highest BCUT2D eigenvalue weighted by atomic mass is 35.5. The van der Waals surface area contributed by atoms with Gasteiger partial charge in [0.1, 0.15) is 21.8 Å². The molecule has 2 aliphatic heterocycles. The van der Waals surface area contributed by atoms with Crippen molar-refractivity contribution < 1.29 is 24.7 Å². The number of allylic oxidation sites excluding steroid dienone is 2. The van der Waals surface area contributed by atoms with Crippen LogP contribution in [0.3, 0.4) is 0 Å². The number of rotatable bonds is 6. The zero-order chi connectivity index (χ0) is 23.9. The van der Waals surface area contributed by atoms with Gasteiger partial charge in [-0.15, -0.1) is 11.3 Å². The molecule has 2 aromatic heterocycles. The number of halogens is 1. The number of amides is 2. The average molecular weight is 509 g/mol. The number of aliphatic carboxylic acids is 1. The summed E-state index contributed by atoms with van der Waals surface area (Å²) in [6.07, 6.45) is 4.30. The van der Waals surface area contributed by atoms with E-state index >= 15 is 0 Å². The molecule has 0 saturated carbocycles. The second kappa shape index (κ2) is 8.92.